The molecule has 1 saturated heterocycles. The molecule has 28 heavy (non-hydrogen) atoms. The lowest BCUT2D eigenvalue weighted by molar-refractivity contribution is -0.141. The van der Waals surface area contributed by atoms with Gasteiger partial charge in [0.05, 0.1) is 12.1 Å². The lowest BCUT2D eigenvalue weighted by Crippen LogP contribution is -2.55. The smallest absolute Gasteiger partial charge is 0.243 e. The Labute approximate surface area is 165 Å². The van der Waals surface area contributed by atoms with Crippen molar-refractivity contribution in [1.82, 2.24) is 20.9 Å². The minimum atomic E-state index is -1.17. The standard InChI is InChI=1S/C18H33FN6O3/c1-11(2)15(22-3)17(28)25-9-5-7-13(25)16(27)24-12(14(26)10-19)6-4-8-23-18(20)21/h11-13,15,22H,4-10H2,1-3H3,(H,24,27)(H4,20,21,23)/t12-,13-,15-/m0/s1. The molecule has 1 heterocycles. The molecule has 1 rings (SSSR count). The minimum Gasteiger partial charge on any atom is -0.370 e. The number of likely N-dealkylation sites (tertiary alicyclic amines) is 1. The van der Waals surface area contributed by atoms with Crippen LogP contribution >= 0.6 is 0 Å². The van der Waals surface area contributed by atoms with Crippen LogP contribution in [0.15, 0.2) is 0 Å². The molecule has 10 heteroatoms. The molecule has 0 aliphatic carbocycles. The van der Waals surface area contributed by atoms with Crippen LogP contribution in [0.5, 0.6) is 0 Å². The number of carbonyl (C=O) groups excluding carboxylic acids is 3. The van der Waals surface area contributed by atoms with E-state index in [0.717, 1.165) is 0 Å². The van der Waals surface area contributed by atoms with Crippen LogP contribution in [0.25, 0.3) is 0 Å². The quantitative estimate of drug-likeness (QED) is 0.180. The number of halogens is 1. The highest BCUT2D eigenvalue weighted by Gasteiger charge is 2.38. The molecular weight excluding hydrogens is 367 g/mol. The molecule has 1 aliphatic rings. The zero-order chi connectivity index (χ0) is 21.3. The van der Waals surface area contributed by atoms with E-state index in [9.17, 15) is 18.8 Å². The van der Waals surface area contributed by atoms with E-state index in [1.54, 1.807) is 11.9 Å². The van der Waals surface area contributed by atoms with E-state index >= 15 is 0 Å². The molecule has 0 unspecified atom stereocenters. The van der Waals surface area contributed by atoms with Crippen LogP contribution in [-0.2, 0) is 14.4 Å². The van der Waals surface area contributed by atoms with Gasteiger partial charge in [-0.1, -0.05) is 13.8 Å². The lowest BCUT2D eigenvalue weighted by atomic mass is 10.0. The summed E-state index contributed by atoms with van der Waals surface area (Å²) in [5.41, 5.74) is 5.19. The zero-order valence-corrected chi connectivity index (χ0v) is 16.9. The number of guanidine groups is 1. The first-order chi connectivity index (χ1) is 13.2. The molecule has 1 fully saturated rings. The molecule has 2 amide bonds. The van der Waals surface area contributed by atoms with Gasteiger partial charge in [-0.3, -0.25) is 19.8 Å². The Morgan fingerprint density at radius 3 is 2.54 bits per heavy atom. The Hall–Kier alpha value is -2.23. The lowest BCUT2D eigenvalue weighted by Gasteiger charge is -2.30. The Morgan fingerprint density at radius 1 is 1.32 bits per heavy atom. The Balaban J connectivity index is 2.75. The van der Waals surface area contributed by atoms with Crippen molar-refractivity contribution >= 4 is 23.6 Å². The molecule has 0 bridgehead atoms. The van der Waals surface area contributed by atoms with E-state index in [-0.39, 0.29) is 24.2 Å². The van der Waals surface area contributed by atoms with Gasteiger partial charge in [-0.2, -0.15) is 0 Å². The fourth-order valence-electron chi connectivity index (χ4n) is 3.43. The molecule has 0 aromatic rings. The van der Waals surface area contributed by atoms with Crippen molar-refractivity contribution < 1.29 is 18.8 Å². The van der Waals surface area contributed by atoms with Crippen LogP contribution in [0.4, 0.5) is 4.39 Å². The molecule has 1 aliphatic heterocycles. The van der Waals surface area contributed by atoms with Crippen molar-refractivity contribution in [2.24, 2.45) is 11.7 Å². The van der Waals surface area contributed by atoms with E-state index < -0.39 is 36.5 Å². The molecule has 0 saturated carbocycles. The number of hydrogen-bond donors (Lipinski definition) is 5. The third-order valence-corrected chi connectivity index (χ3v) is 4.90. The van der Waals surface area contributed by atoms with Crippen molar-refractivity contribution in [3.63, 3.8) is 0 Å². The van der Waals surface area contributed by atoms with Crippen molar-refractivity contribution in [3.05, 3.63) is 0 Å². The van der Waals surface area contributed by atoms with Gasteiger partial charge in [-0.05, 0) is 38.6 Å². The van der Waals surface area contributed by atoms with Gasteiger partial charge in [-0.15, -0.1) is 0 Å². The first-order valence-corrected chi connectivity index (χ1v) is 9.67. The minimum absolute atomic E-state index is 0.0662. The summed E-state index contributed by atoms with van der Waals surface area (Å²) in [4.78, 5) is 39.0. The predicted molar refractivity (Wildman–Crippen MR) is 104 cm³/mol. The number of rotatable bonds is 11. The summed E-state index contributed by atoms with van der Waals surface area (Å²) < 4.78 is 12.9. The second kappa shape index (κ2) is 11.6. The number of nitrogens with two attached hydrogens (primary N) is 1. The van der Waals surface area contributed by atoms with E-state index in [4.69, 9.17) is 11.1 Å². The Kier molecular flexibility index (Phi) is 9.84. The summed E-state index contributed by atoms with van der Waals surface area (Å²) >= 11 is 0. The molecule has 9 nitrogen and oxygen atoms in total. The van der Waals surface area contributed by atoms with Crippen molar-refractivity contribution in [1.29, 1.82) is 5.41 Å². The number of amides is 2. The van der Waals surface area contributed by atoms with Crippen LogP contribution in [0, 0.1) is 11.3 Å². The molecule has 6 N–H and O–H groups in total. The van der Waals surface area contributed by atoms with Gasteiger partial charge in [0.15, 0.2) is 11.7 Å². The summed E-state index contributed by atoms with van der Waals surface area (Å²) in [7, 11) is 1.71. The number of carbonyl (C=O) groups is 3. The largest absolute Gasteiger partial charge is 0.370 e. The normalized spacial score (nSPS) is 18.6. The summed E-state index contributed by atoms with van der Waals surface area (Å²) in [6.45, 7) is 3.50. The third-order valence-electron chi connectivity index (χ3n) is 4.90. The highest BCUT2D eigenvalue weighted by Crippen LogP contribution is 2.20. The number of alkyl halides is 1. The Morgan fingerprint density at radius 2 is 2.00 bits per heavy atom. The second-order valence-corrected chi connectivity index (χ2v) is 7.34. The maximum atomic E-state index is 12.9. The van der Waals surface area contributed by atoms with Crippen LogP contribution in [0.2, 0.25) is 0 Å². The first kappa shape index (κ1) is 23.8. The average molecular weight is 400 g/mol. The molecule has 0 aromatic heterocycles. The maximum Gasteiger partial charge on any atom is 0.243 e. The number of likely N-dealkylation sites (N-methyl/N-ethyl adjacent to an activating group) is 1. The van der Waals surface area contributed by atoms with Gasteiger partial charge in [0, 0.05) is 13.1 Å². The van der Waals surface area contributed by atoms with Crippen LogP contribution in [0.1, 0.15) is 39.5 Å². The third kappa shape index (κ3) is 6.74. The van der Waals surface area contributed by atoms with Crippen LogP contribution < -0.4 is 21.7 Å². The maximum absolute atomic E-state index is 12.9. The van der Waals surface area contributed by atoms with E-state index in [2.05, 4.69) is 16.0 Å². The van der Waals surface area contributed by atoms with E-state index in [0.29, 0.717) is 32.4 Å². The molecule has 0 aromatic carbocycles. The first-order valence-electron chi connectivity index (χ1n) is 9.67. The number of nitrogens with zero attached hydrogens (tertiary/aromatic N) is 1. The highest BCUT2D eigenvalue weighted by atomic mass is 19.1. The van der Waals surface area contributed by atoms with Gasteiger partial charge in [0.25, 0.3) is 0 Å². The zero-order valence-electron chi connectivity index (χ0n) is 16.9. The number of ketones is 1. The molecule has 160 valence electrons. The van der Waals surface area contributed by atoms with Crippen molar-refractivity contribution in [2.45, 2.75) is 57.7 Å². The monoisotopic (exact) mass is 400 g/mol. The van der Waals surface area contributed by atoms with Gasteiger partial charge in [0.1, 0.15) is 12.7 Å². The van der Waals surface area contributed by atoms with Gasteiger partial charge < -0.3 is 26.6 Å². The van der Waals surface area contributed by atoms with Crippen molar-refractivity contribution in [3.8, 4) is 0 Å². The average Bonchev–Trinajstić information content (AvgIpc) is 3.13. The van der Waals surface area contributed by atoms with Gasteiger partial charge >= 0.3 is 0 Å². The summed E-state index contributed by atoms with van der Waals surface area (Å²) in [6, 6.07) is -2.02. The van der Waals surface area contributed by atoms with Crippen LogP contribution in [0.3, 0.4) is 0 Å². The predicted octanol–water partition coefficient (Wildman–Crippen LogP) is -0.492. The Bertz CT molecular complexity index is 572. The fraction of sp³-hybridized carbons (Fsp3) is 0.778. The summed E-state index contributed by atoms with van der Waals surface area (Å²) in [5.74, 6) is -1.41. The van der Waals surface area contributed by atoms with Crippen molar-refractivity contribution in [2.75, 3.05) is 26.8 Å². The number of Topliss-reactive ketones (excluding diaryl/α,β-unsaturated/α-hetero) is 1. The fourth-order valence-corrected chi connectivity index (χ4v) is 3.43. The highest BCUT2D eigenvalue weighted by molar-refractivity contribution is 5.94. The molecular formula is C18H33FN6O3. The van der Waals surface area contributed by atoms with Gasteiger partial charge in [-0.25, -0.2) is 4.39 Å². The molecule has 3 atom stereocenters. The number of nitrogens with one attached hydrogen (secondary N) is 4. The van der Waals surface area contributed by atoms with E-state index in [1.165, 1.54) is 0 Å². The van der Waals surface area contributed by atoms with E-state index in [1.807, 2.05) is 13.8 Å². The topological polar surface area (TPSA) is 140 Å². The summed E-state index contributed by atoms with van der Waals surface area (Å²) in [5, 5.41) is 15.3. The number of hydrogen-bond acceptors (Lipinski definition) is 5. The van der Waals surface area contributed by atoms with Crippen LogP contribution in [-0.4, -0.2) is 73.4 Å². The van der Waals surface area contributed by atoms with Gasteiger partial charge in [0.2, 0.25) is 11.8 Å². The summed E-state index contributed by atoms with van der Waals surface area (Å²) in [6.07, 6.45) is 1.86. The molecule has 0 radical (unpaired) electrons. The molecule has 0 spiro atoms. The second-order valence-electron chi connectivity index (χ2n) is 7.34. The SMILES string of the molecule is CN[C@H](C(=O)N1CCC[C@H]1C(=O)N[C@@H](CCCNC(=N)N)C(=O)CF)C(C)C.